The van der Waals surface area contributed by atoms with Crippen molar-refractivity contribution in [1.82, 2.24) is 4.98 Å². The molecular formula is C20H19NO2. The maximum Gasteiger partial charge on any atom is 0.338 e. The van der Waals surface area contributed by atoms with Gasteiger partial charge in [-0.25, -0.2) is 9.78 Å². The number of rotatable bonds is 3. The summed E-state index contributed by atoms with van der Waals surface area (Å²) in [4.78, 5) is 16.9. The summed E-state index contributed by atoms with van der Waals surface area (Å²) in [5.74, 6) is -0.338. The molecule has 3 rings (SSSR count). The highest BCUT2D eigenvalue weighted by atomic mass is 16.5. The van der Waals surface area contributed by atoms with Crippen LogP contribution >= 0.6 is 0 Å². The molecule has 23 heavy (non-hydrogen) atoms. The molecule has 1 heterocycles. The van der Waals surface area contributed by atoms with Gasteiger partial charge in [0.15, 0.2) is 0 Å². The summed E-state index contributed by atoms with van der Waals surface area (Å²) < 4.78 is 4.94. The Morgan fingerprint density at radius 2 is 1.83 bits per heavy atom. The molecule has 0 aliphatic heterocycles. The molecule has 0 unspecified atom stereocenters. The van der Waals surface area contributed by atoms with Crippen LogP contribution in [0.1, 0.15) is 28.4 Å². The normalized spacial score (nSPS) is 10.7. The molecule has 0 saturated carbocycles. The second kappa shape index (κ2) is 6.21. The number of ether oxygens (including phenoxy) is 1. The van der Waals surface area contributed by atoms with E-state index in [1.165, 1.54) is 12.7 Å². The average molecular weight is 305 g/mol. The lowest BCUT2D eigenvalue weighted by molar-refractivity contribution is 0.0603. The zero-order valence-electron chi connectivity index (χ0n) is 13.6. The predicted octanol–water partition coefficient (Wildman–Crippen LogP) is 4.56. The van der Waals surface area contributed by atoms with Crippen LogP contribution in [0.3, 0.4) is 0 Å². The van der Waals surface area contributed by atoms with Crippen molar-refractivity contribution in [2.45, 2.75) is 20.3 Å². The summed E-state index contributed by atoms with van der Waals surface area (Å²) in [6.45, 7) is 4.12. The third-order valence-electron chi connectivity index (χ3n) is 4.03. The van der Waals surface area contributed by atoms with Gasteiger partial charge in [0.1, 0.15) is 0 Å². The van der Waals surface area contributed by atoms with Gasteiger partial charge in [-0.15, -0.1) is 0 Å². The first-order valence-corrected chi connectivity index (χ1v) is 7.71. The molecule has 1 aromatic heterocycles. The minimum Gasteiger partial charge on any atom is -0.465 e. The molecule has 0 aliphatic rings. The smallest absolute Gasteiger partial charge is 0.338 e. The second-order valence-electron chi connectivity index (χ2n) is 5.62. The molecule has 0 N–H and O–H groups in total. The van der Waals surface area contributed by atoms with Gasteiger partial charge in [0, 0.05) is 10.9 Å². The summed E-state index contributed by atoms with van der Waals surface area (Å²) in [5.41, 5.74) is 5.49. The van der Waals surface area contributed by atoms with Gasteiger partial charge in [-0.05, 0) is 37.1 Å². The van der Waals surface area contributed by atoms with Crippen LogP contribution < -0.4 is 0 Å². The van der Waals surface area contributed by atoms with Gasteiger partial charge in [0.2, 0.25) is 0 Å². The van der Waals surface area contributed by atoms with Gasteiger partial charge < -0.3 is 4.74 Å². The third kappa shape index (κ3) is 2.95. The second-order valence-corrected chi connectivity index (χ2v) is 5.62. The highest BCUT2D eigenvalue weighted by molar-refractivity contribution is 6.04. The zero-order chi connectivity index (χ0) is 16.4. The van der Waals surface area contributed by atoms with E-state index in [1.54, 1.807) is 0 Å². The lowest BCUT2D eigenvalue weighted by Gasteiger charge is -2.10. The molecule has 3 nitrogen and oxygen atoms in total. The first-order chi connectivity index (χ1) is 11.1. The van der Waals surface area contributed by atoms with E-state index in [2.05, 4.69) is 19.1 Å². The van der Waals surface area contributed by atoms with Crippen LogP contribution in [-0.2, 0) is 11.2 Å². The van der Waals surface area contributed by atoms with Gasteiger partial charge >= 0.3 is 5.97 Å². The third-order valence-corrected chi connectivity index (χ3v) is 4.03. The highest BCUT2D eigenvalue weighted by Gasteiger charge is 2.14. The molecule has 0 fully saturated rings. The quantitative estimate of drug-likeness (QED) is 0.666. The summed E-state index contributed by atoms with van der Waals surface area (Å²) >= 11 is 0. The minimum atomic E-state index is -0.338. The van der Waals surface area contributed by atoms with Crippen LogP contribution in [0.15, 0.2) is 48.5 Å². The molecule has 0 atom stereocenters. The number of hydrogen-bond acceptors (Lipinski definition) is 3. The number of esters is 1. The molecule has 0 radical (unpaired) electrons. The topological polar surface area (TPSA) is 39.2 Å². The fraction of sp³-hybridized carbons (Fsp3) is 0.200. The van der Waals surface area contributed by atoms with E-state index in [9.17, 15) is 4.79 Å². The molecular weight excluding hydrogens is 286 g/mol. The number of hydrogen-bond donors (Lipinski definition) is 0. The Bertz CT molecular complexity index is 867. The van der Waals surface area contributed by atoms with Crippen molar-refractivity contribution in [3.8, 4) is 11.3 Å². The van der Waals surface area contributed by atoms with Gasteiger partial charge in [0.05, 0.1) is 23.9 Å². The number of benzene rings is 2. The van der Waals surface area contributed by atoms with Crippen LogP contribution in [0.4, 0.5) is 0 Å². The number of methoxy groups -OCH3 is 1. The average Bonchev–Trinajstić information content (AvgIpc) is 2.60. The molecule has 2 aromatic carbocycles. The maximum atomic E-state index is 12.2. The SMILES string of the molecule is CCc1ccc(-c2cc(C(=O)OC)c3cc(C)ccc3n2)cc1. The van der Waals surface area contributed by atoms with Crippen molar-refractivity contribution in [3.63, 3.8) is 0 Å². The molecule has 3 aromatic rings. The summed E-state index contributed by atoms with van der Waals surface area (Å²) in [5, 5.41) is 0.825. The molecule has 0 saturated heterocycles. The lowest BCUT2D eigenvalue weighted by Crippen LogP contribution is -2.04. The number of carbonyl (C=O) groups is 1. The molecule has 0 amide bonds. The maximum absolute atomic E-state index is 12.2. The number of nitrogens with zero attached hydrogens (tertiary/aromatic N) is 1. The Hall–Kier alpha value is -2.68. The van der Waals surface area contributed by atoms with Gasteiger partial charge in [-0.3, -0.25) is 0 Å². The van der Waals surface area contributed by atoms with Crippen molar-refractivity contribution in [1.29, 1.82) is 0 Å². The molecule has 3 heteroatoms. The number of pyridine rings is 1. The Kier molecular flexibility index (Phi) is 4.11. The van der Waals surface area contributed by atoms with E-state index in [-0.39, 0.29) is 5.97 Å². The van der Waals surface area contributed by atoms with Crippen LogP contribution in [0.25, 0.3) is 22.2 Å². The van der Waals surface area contributed by atoms with E-state index < -0.39 is 0 Å². The van der Waals surface area contributed by atoms with Crippen molar-refractivity contribution in [2.75, 3.05) is 7.11 Å². The Morgan fingerprint density at radius 1 is 1.09 bits per heavy atom. The molecule has 0 spiro atoms. The van der Waals surface area contributed by atoms with Crippen LogP contribution in [0.2, 0.25) is 0 Å². The van der Waals surface area contributed by atoms with Crippen LogP contribution in [-0.4, -0.2) is 18.1 Å². The van der Waals surface area contributed by atoms with E-state index in [0.717, 1.165) is 34.1 Å². The van der Waals surface area contributed by atoms with E-state index >= 15 is 0 Å². The van der Waals surface area contributed by atoms with Gasteiger partial charge in [-0.2, -0.15) is 0 Å². The number of fused-ring (bicyclic) bond motifs is 1. The molecule has 116 valence electrons. The molecule has 0 aliphatic carbocycles. The first-order valence-electron chi connectivity index (χ1n) is 7.71. The summed E-state index contributed by atoms with van der Waals surface area (Å²) in [6, 6.07) is 16.0. The van der Waals surface area contributed by atoms with Crippen LogP contribution in [0.5, 0.6) is 0 Å². The van der Waals surface area contributed by atoms with Gasteiger partial charge in [-0.1, -0.05) is 42.8 Å². The fourth-order valence-corrected chi connectivity index (χ4v) is 2.68. The lowest BCUT2D eigenvalue weighted by atomic mass is 10.0. The Labute approximate surface area is 135 Å². The number of carbonyl (C=O) groups excluding carboxylic acids is 1. The van der Waals surface area contributed by atoms with Crippen molar-refractivity contribution >= 4 is 16.9 Å². The van der Waals surface area contributed by atoms with Crippen molar-refractivity contribution in [2.24, 2.45) is 0 Å². The molecule has 0 bridgehead atoms. The number of aryl methyl sites for hydroxylation is 2. The van der Waals surface area contributed by atoms with E-state index in [4.69, 9.17) is 9.72 Å². The van der Waals surface area contributed by atoms with E-state index in [1.807, 2.05) is 43.3 Å². The number of aromatic nitrogens is 1. The monoisotopic (exact) mass is 305 g/mol. The Balaban J connectivity index is 2.21. The first kappa shape index (κ1) is 15.2. The van der Waals surface area contributed by atoms with E-state index in [0.29, 0.717) is 5.56 Å². The summed E-state index contributed by atoms with van der Waals surface area (Å²) in [7, 11) is 1.40. The zero-order valence-corrected chi connectivity index (χ0v) is 13.6. The minimum absolute atomic E-state index is 0.338. The Morgan fingerprint density at radius 3 is 2.48 bits per heavy atom. The largest absolute Gasteiger partial charge is 0.465 e. The predicted molar refractivity (Wildman–Crippen MR) is 92.6 cm³/mol. The highest BCUT2D eigenvalue weighted by Crippen LogP contribution is 2.26. The van der Waals surface area contributed by atoms with Crippen molar-refractivity contribution in [3.05, 3.63) is 65.2 Å². The van der Waals surface area contributed by atoms with Crippen LogP contribution in [0, 0.1) is 6.92 Å². The summed E-state index contributed by atoms with van der Waals surface area (Å²) in [6.07, 6.45) is 0.998. The van der Waals surface area contributed by atoms with Crippen molar-refractivity contribution < 1.29 is 9.53 Å². The fourth-order valence-electron chi connectivity index (χ4n) is 2.68. The standard InChI is InChI=1S/C20H19NO2/c1-4-14-6-8-15(9-7-14)19-12-17(20(22)23-3)16-11-13(2)5-10-18(16)21-19/h5-12H,4H2,1-3H3. The van der Waals surface area contributed by atoms with Gasteiger partial charge in [0.25, 0.3) is 0 Å².